The first-order valence-corrected chi connectivity index (χ1v) is 10.6. The number of hydrogen-bond donors (Lipinski definition) is 1. The van der Waals surface area contributed by atoms with E-state index in [9.17, 15) is 9.59 Å². The fourth-order valence-electron chi connectivity index (χ4n) is 4.17. The van der Waals surface area contributed by atoms with Gasteiger partial charge in [-0.2, -0.15) is 0 Å². The van der Waals surface area contributed by atoms with E-state index in [1.807, 2.05) is 50.8 Å². The molecule has 1 N–H and O–H groups in total. The fraction of sp³-hybridized carbons (Fsp3) is 0.636. The number of piperazine rings is 1. The molecule has 2 heterocycles. The number of carbonyl (C=O) groups excluding carboxylic acids is 2. The maximum atomic E-state index is 12.6. The number of hydrogen-bond acceptors (Lipinski definition) is 5. The minimum absolute atomic E-state index is 0.0169. The van der Waals surface area contributed by atoms with Crippen LogP contribution in [0.1, 0.15) is 25.0 Å². The molecule has 2 aliphatic heterocycles. The SMILES string of the molecule is Cc1cccc(C)c1NC(=O)CN1CCN(CC(=O)N2C[C@@H](C)O[C@@H](C)C2)CC1. The van der Waals surface area contributed by atoms with Gasteiger partial charge in [0.1, 0.15) is 0 Å². The van der Waals surface area contributed by atoms with Crippen LogP contribution >= 0.6 is 0 Å². The van der Waals surface area contributed by atoms with Crippen LogP contribution in [-0.2, 0) is 14.3 Å². The van der Waals surface area contributed by atoms with E-state index < -0.39 is 0 Å². The van der Waals surface area contributed by atoms with E-state index in [-0.39, 0.29) is 24.0 Å². The summed E-state index contributed by atoms with van der Waals surface area (Å²) in [5, 5.41) is 3.05. The second-order valence-electron chi connectivity index (χ2n) is 8.42. The van der Waals surface area contributed by atoms with Crippen LogP contribution in [0.15, 0.2) is 18.2 Å². The van der Waals surface area contributed by atoms with Gasteiger partial charge >= 0.3 is 0 Å². The summed E-state index contributed by atoms with van der Waals surface area (Å²) in [4.78, 5) is 31.4. The number of rotatable bonds is 5. The van der Waals surface area contributed by atoms with Gasteiger partial charge in [-0.15, -0.1) is 0 Å². The molecular formula is C22H34N4O3. The van der Waals surface area contributed by atoms with E-state index in [1.54, 1.807) is 0 Å². The third-order valence-corrected chi connectivity index (χ3v) is 5.71. The number of nitrogens with zero attached hydrogens (tertiary/aromatic N) is 3. The molecule has 0 radical (unpaired) electrons. The summed E-state index contributed by atoms with van der Waals surface area (Å²) >= 11 is 0. The number of amides is 2. The monoisotopic (exact) mass is 402 g/mol. The van der Waals surface area contributed by atoms with E-state index in [1.165, 1.54) is 0 Å². The summed E-state index contributed by atoms with van der Waals surface area (Å²) in [7, 11) is 0. The second kappa shape index (κ2) is 9.69. The average Bonchev–Trinajstić information content (AvgIpc) is 2.65. The largest absolute Gasteiger partial charge is 0.372 e. The van der Waals surface area contributed by atoms with Gasteiger partial charge in [-0.05, 0) is 38.8 Å². The Bertz CT molecular complexity index is 701. The molecule has 0 bridgehead atoms. The van der Waals surface area contributed by atoms with Crippen molar-refractivity contribution in [2.24, 2.45) is 0 Å². The predicted octanol–water partition coefficient (Wildman–Crippen LogP) is 1.50. The average molecular weight is 403 g/mol. The highest BCUT2D eigenvalue weighted by Gasteiger charge is 2.28. The lowest BCUT2D eigenvalue weighted by atomic mass is 10.1. The van der Waals surface area contributed by atoms with Crippen molar-refractivity contribution in [3.8, 4) is 0 Å². The van der Waals surface area contributed by atoms with Crippen LogP contribution in [0.3, 0.4) is 0 Å². The number of aryl methyl sites for hydroxylation is 2. The highest BCUT2D eigenvalue weighted by molar-refractivity contribution is 5.93. The van der Waals surface area contributed by atoms with Crippen molar-refractivity contribution in [2.45, 2.75) is 39.9 Å². The topological polar surface area (TPSA) is 65.1 Å². The molecule has 29 heavy (non-hydrogen) atoms. The highest BCUT2D eigenvalue weighted by atomic mass is 16.5. The van der Waals surface area contributed by atoms with Crippen LogP contribution in [0, 0.1) is 13.8 Å². The standard InChI is InChI=1S/C22H34N4O3/c1-16-6-5-7-17(2)22(16)23-20(27)14-24-8-10-25(11-9-24)15-21(28)26-12-18(3)29-19(4)13-26/h5-7,18-19H,8-15H2,1-4H3,(H,23,27)/t18-,19+. The quantitative estimate of drug-likeness (QED) is 0.809. The molecule has 2 saturated heterocycles. The first kappa shape index (κ1) is 21.7. The lowest BCUT2D eigenvalue weighted by molar-refractivity contribution is -0.144. The van der Waals surface area contributed by atoms with Gasteiger partial charge in [0.2, 0.25) is 11.8 Å². The third-order valence-electron chi connectivity index (χ3n) is 5.71. The van der Waals surface area contributed by atoms with Gasteiger partial charge in [0.25, 0.3) is 0 Å². The van der Waals surface area contributed by atoms with Crippen molar-refractivity contribution in [1.29, 1.82) is 0 Å². The molecule has 2 fully saturated rings. The Morgan fingerprint density at radius 3 is 2.03 bits per heavy atom. The summed E-state index contributed by atoms with van der Waals surface area (Å²) in [6, 6.07) is 6.02. The lowest BCUT2D eigenvalue weighted by Gasteiger charge is -2.38. The van der Waals surface area contributed by atoms with Gasteiger partial charge in [0.05, 0.1) is 25.3 Å². The van der Waals surface area contributed by atoms with Crippen molar-refractivity contribution < 1.29 is 14.3 Å². The van der Waals surface area contributed by atoms with Crippen molar-refractivity contribution >= 4 is 17.5 Å². The van der Waals surface area contributed by atoms with Gasteiger partial charge in [0, 0.05) is 45.0 Å². The van der Waals surface area contributed by atoms with Gasteiger partial charge in [-0.1, -0.05) is 18.2 Å². The van der Waals surface area contributed by atoms with E-state index in [2.05, 4.69) is 15.1 Å². The molecule has 0 unspecified atom stereocenters. The lowest BCUT2D eigenvalue weighted by Crippen LogP contribution is -2.54. The second-order valence-corrected chi connectivity index (χ2v) is 8.42. The summed E-state index contributed by atoms with van der Waals surface area (Å²) in [5.41, 5.74) is 3.07. The fourth-order valence-corrected chi connectivity index (χ4v) is 4.17. The Morgan fingerprint density at radius 2 is 1.48 bits per heavy atom. The number of nitrogens with one attached hydrogen (secondary N) is 1. The van der Waals surface area contributed by atoms with E-state index in [0.29, 0.717) is 26.2 Å². The molecule has 7 heteroatoms. The molecule has 0 aliphatic carbocycles. The summed E-state index contributed by atoms with van der Waals surface area (Å²) in [6.07, 6.45) is 0.185. The minimum atomic E-state index is 0.0169. The van der Waals surface area contributed by atoms with Gasteiger partial charge < -0.3 is 15.0 Å². The molecule has 2 aliphatic rings. The first-order chi connectivity index (χ1) is 13.8. The molecule has 2 amide bonds. The molecule has 0 spiro atoms. The molecule has 3 rings (SSSR count). The normalized spacial score (nSPS) is 23.8. The van der Waals surface area contributed by atoms with E-state index in [4.69, 9.17) is 4.74 Å². The molecule has 160 valence electrons. The molecular weight excluding hydrogens is 368 g/mol. The Labute approximate surface area is 174 Å². The van der Waals surface area contributed by atoms with Crippen LogP contribution in [0.25, 0.3) is 0 Å². The molecule has 0 saturated carbocycles. The minimum Gasteiger partial charge on any atom is -0.372 e. The van der Waals surface area contributed by atoms with Crippen LogP contribution in [0.4, 0.5) is 5.69 Å². The van der Waals surface area contributed by atoms with Gasteiger partial charge in [-0.3, -0.25) is 19.4 Å². The summed E-state index contributed by atoms with van der Waals surface area (Å²) in [6.45, 7) is 13.4. The van der Waals surface area contributed by atoms with Crippen molar-refractivity contribution in [1.82, 2.24) is 14.7 Å². The van der Waals surface area contributed by atoms with Crippen LogP contribution < -0.4 is 5.32 Å². The zero-order valence-electron chi connectivity index (χ0n) is 18.1. The number of ether oxygens (including phenoxy) is 1. The van der Waals surface area contributed by atoms with E-state index in [0.717, 1.165) is 43.0 Å². The number of carbonyl (C=O) groups is 2. The highest BCUT2D eigenvalue weighted by Crippen LogP contribution is 2.19. The van der Waals surface area contributed by atoms with E-state index >= 15 is 0 Å². The summed E-state index contributed by atoms with van der Waals surface area (Å²) < 4.78 is 5.71. The molecule has 0 aromatic heterocycles. The van der Waals surface area contributed by atoms with Crippen LogP contribution in [0.2, 0.25) is 0 Å². The maximum absolute atomic E-state index is 12.6. The van der Waals surface area contributed by atoms with Crippen LogP contribution in [0.5, 0.6) is 0 Å². The Hall–Kier alpha value is -1.96. The van der Waals surface area contributed by atoms with Crippen molar-refractivity contribution in [3.05, 3.63) is 29.3 Å². The van der Waals surface area contributed by atoms with Crippen molar-refractivity contribution in [3.63, 3.8) is 0 Å². The van der Waals surface area contributed by atoms with Gasteiger partial charge in [-0.25, -0.2) is 0 Å². The number of morpholine rings is 1. The Morgan fingerprint density at radius 1 is 0.966 bits per heavy atom. The molecule has 1 aromatic carbocycles. The van der Waals surface area contributed by atoms with Crippen LogP contribution in [-0.4, -0.2) is 91.1 Å². The molecule has 1 aromatic rings. The van der Waals surface area contributed by atoms with Crippen molar-refractivity contribution in [2.75, 3.05) is 57.7 Å². The first-order valence-electron chi connectivity index (χ1n) is 10.6. The third kappa shape index (κ3) is 6.01. The Balaban J connectivity index is 1.42. The van der Waals surface area contributed by atoms with Gasteiger partial charge in [0.15, 0.2) is 0 Å². The Kier molecular flexibility index (Phi) is 7.27. The molecule has 7 nitrogen and oxygen atoms in total. The smallest absolute Gasteiger partial charge is 0.238 e. The maximum Gasteiger partial charge on any atom is 0.238 e. The number of para-hydroxylation sites is 1. The number of anilines is 1. The number of benzene rings is 1. The summed E-state index contributed by atoms with van der Waals surface area (Å²) in [5.74, 6) is 0.191. The predicted molar refractivity (Wildman–Crippen MR) is 114 cm³/mol. The molecule has 2 atom stereocenters. The zero-order chi connectivity index (χ0) is 21.0. The zero-order valence-corrected chi connectivity index (χ0v) is 18.1.